The van der Waals surface area contributed by atoms with Gasteiger partial charge in [0.05, 0.1) is 5.56 Å². The number of nitrogens with zero attached hydrogens (tertiary/aromatic N) is 1. The van der Waals surface area contributed by atoms with Crippen molar-refractivity contribution in [2.24, 2.45) is 13.0 Å². The smallest absolute Gasteiger partial charge is 0.216 e. The molecule has 0 amide bonds. The summed E-state index contributed by atoms with van der Waals surface area (Å²) < 4.78 is 9.23. The van der Waals surface area contributed by atoms with Gasteiger partial charge in [0, 0.05) is 28.5 Å². The molecular formula is C33H40NO+. The van der Waals surface area contributed by atoms with Crippen molar-refractivity contribution >= 4 is 21.9 Å². The molecule has 0 radical (unpaired) electrons. The molecule has 1 fully saturated rings. The summed E-state index contributed by atoms with van der Waals surface area (Å²) in [5.74, 6) is 0.843. The van der Waals surface area contributed by atoms with Crippen molar-refractivity contribution in [3.8, 4) is 11.3 Å². The van der Waals surface area contributed by atoms with Crippen molar-refractivity contribution < 1.29 is 8.98 Å². The molecule has 2 aromatic carbocycles. The highest BCUT2D eigenvalue weighted by Crippen LogP contribution is 2.50. The van der Waals surface area contributed by atoms with Crippen LogP contribution in [-0.2, 0) is 24.3 Å². The monoisotopic (exact) mass is 466 g/mol. The third kappa shape index (κ3) is 3.63. The second-order valence-corrected chi connectivity index (χ2v) is 12.8. The molecule has 4 aromatic rings. The molecule has 0 atom stereocenters. The van der Waals surface area contributed by atoms with Gasteiger partial charge in [0.2, 0.25) is 5.69 Å². The van der Waals surface area contributed by atoms with Gasteiger partial charge in [-0.1, -0.05) is 77.6 Å². The summed E-state index contributed by atoms with van der Waals surface area (Å²) in [5.41, 5.74) is 10.6. The van der Waals surface area contributed by atoms with Crippen LogP contribution in [0.4, 0.5) is 0 Å². The Kier molecular flexibility index (Phi) is 5.18. The Bertz CT molecular complexity index is 1450. The van der Waals surface area contributed by atoms with Crippen LogP contribution in [-0.4, -0.2) is 0 Å². The fourth-order valence-electron chi connectivity index (χ4n) is 6.98. The van der Waals surface area contributed by atoms with Crippen molar-refractivity contribution in [3.05, 3.63) is 64.8 Å². The molecule has 6 rings (SSSR count). The summed E-state index contributed by atoms with van der Waals surface area (Å²) in [6, 6.07) is 14.0. The lowest BCUT2D eigenvalue weighted by molar-refractivity contribution is -0.660. The first-order chi connectivity index (χ1) is 16.7. The van der Waals surface area contributed by atoms with E-state index in [9.17, 15) is 0 Å². The number of aromatic nitrogens is 1. The maximum atomic E-state index is 6.96. The molecule has 0 unspecified atom stereocenters. The van der Waals surface area contributed by atoms with Gasteiger partial charge < -0.3 is 4.42 Å². The summed E-state index contributed by atoms with van der Waals surface area (Å²) in [6.45, 7) is 11.8. The van der Waals surface area contributed by atoms with Gasteiger partial charge in [-0.2, -0.15) is 0 Å². The topological polar surface area (TPSA) is 17.0 Å². The minimum Gasteiger partial charge on any atom is -0.455 e. The summed E-state index contributed by atoms with van der Waals surface area (Å²) in [7, 11) is 2.17. The standard InChI is InChI=1S/C33H40NO/c1-21-11-12-24-25-13-14-26-29(33(4,5)17-16-32(26,2)3)31(25)35-30(24)28(21)27-20-23(15-18-34(27)6)19-22-9-7-8-10-22/h11-15,18,20,22H,7-10,16-17,19H2,1-6H3/q+1. The molecular weight excluding hydrogens is 426 g/mol. The predicted molar refractivity (Wildman–Crippen MR) is 146 cm³/mol. The molecule has 1 saturated carbocycles. The average molecular weight is 467 g/mol. The van der Waals surface area contributed by atoms with E-state index in [0.717, 1.165) is 17.1 Å². The fraction of sp³-hybridized carbons (Fsp3) is 0.485. The molecule has 0 bridgehead atoms. The molecule has 2 aromatic heterocycles. The van der Waals surface area contributed by atoms with E-state index >= 15 is 0 Å². The minimum absolute atomic E-state index is 0.110. The zero-order valence-electron chi connectivity index (χ0n) is 22.4. The van der Waals surface area contributed by atoms with Crippen LogP contribution in [0.15, 0.2) is 47.0 Å². The number of pyridine rings is 1. The molecule has 182 valence electrons. The van der Waals surface area contributed by atoms with Crippen molar-refractivity contribution in [3.63, 3.8) is 0 Å². The van der Waals surface area contributed by atoms with Crippen LogP contribution >= 0.6 is 0 Å². The number of hydrogen-bond donors (Lipinski definition) is 0. The maximum absolute atomic E-state index is 6.96. The Labute approximate surface area is 210 Å². The van der Waals surface area contributed by atoms with Gasteiger partial charge >= 0.3 is 0 Å². The van der Waals surface area contributed by atoms with E-state index < -0.39 is 0 Å². The number of aryl methyl sites for hydroxylation is 2. The summed E-state index contributed by atoms with van der Waals surface area (Å²) in [4.78, 5) is 0. The van der Waals surface area contributed by atoms with Crippen LogP contribution in [0.2, 0.25) is 0 Å². The second kappa shape index (κ2) is 7.95. The van der Waals surface area contributed by atoms with Crippen molar-refractivity contribution in [1.29, 1.82) is 0 Å². The first-order valence-corrected chi connectivity index (χ1v) is 13.6. The zero-order chi connectivity index (χ0) is 24.5. The lowest BCUT2D eigenvalue weighted by atomic mass is 9.63. The van der Waals surface area contributed by atoms with E-state index in [-0.39, 0.29) is 10.8 Å². The number of furan rings is 1. The van der Waals surface area contributed by atoms with E-state index in [0.29, 0.717) is 0 Å². The molecule has 2 aliphatic rings. The fourth-order valence-corrected chi connectivity index (χ4v) is 6.98. The number of rotatable bonds is 3. The highest BCUT2D eigenvalue weighted by Gasteiger charge is 2.39. The summed E-state index contributed by atoms with van der Waals surface area (Å²) >= 11 is 0. The van der Waals surface area contributed by atoms with Crippen LogP contribution < -0.4 is 4.57 Å². The van der Waals surface area contributed by atoms with Crippen LogP contribution in [0.5, 0.6) is 0 Å². The van der Waals surface area contributed by atoms with E-state index in [1.807, 2.05) is 0 Å². The Morgan fingerprint density at radius 1 is 0.886 bits per heavy atom. The van der Waals surface area contributed by atoms with Gasteiger partial charge in [0.25, 0.3) is 0 Å². The van der Waals surface area contributed by atoms with Crippen LogP contribution in [0, 0.1) is 12.8 Å². The van der Waals surface area contributed by atoms with Gasteiger partial charge in [0.15, 0.2) is 6.20 Å². The Hall–Kier alpha value is -2.61. The average Bonchev–Trinajstić information content (AvgIpc) is 3.45. The van der Waals surface area contributed by atoms with E-state index in [1.165, 1.54) is 89.2 Å². The van der Waals surface area contributed by atoms with Gasteiger partial charge in [-0.25, -0.2) is 4.57 Å². The van der Waals surface area contributed by atoms with Gasteiger partial charge in [-0.3, -0.25) is 0 Å². The lowest BCUT2D eigenvalue weighted by Crippen LogP contribution is -2.33. The van der Waals surface area contributed by atoms with Gasteiger partial charge in [-0.15, -0.1) is 0 Å². The van der Waals surface area contributed by atoms with Crippen LogP contribution in [0.3, 0.4) is 0 Å². The molecule has 0 saturated heterocycles. The summed E-state index contributed by atoms with van der Waals surface area (Å²) in [5, 5.41) is 2.50. The molecule has 0 N–H and O–H groups in total. The Morgan fingerprint density at radius 2 is 1.57 bits per heavy atom. The van der Waals surface area contributed by atoms with Gasteiger partial charge in [0.1, 0.15) is 18.2 Å². The molecule has 2 heteroatoms. The Morgan fingerprint density at radius 3 is 2.34 bits per heavy atom. The second-order valence-electron chi connectivity index (χ2n) is 12.8. The highest BCUT2D eigenvalue weighted by atomic mass is 16.3. The van der Waals surface area contributed by atoms with Crippen LogP contribution in [0.1, 0.15) is 88.5 Å². The molecule has 0 spiro atoms. The quantitative estimate of drug-likeness (QED) is 0.277. The first-order valence-electron chi connectivity index (χ1n) is 13.6. The Balaban J connectivity index is 1.59. The molecule has 35 heavy (non-hydrogen) atoms. The number of benzene rings is 2. The van der Waals surface area contributed by atoms with Crippen molar-refractivity contribution in [1.82, 2.24) is 0 Å². The zero-order valence-corrected chi connectivity index (χ0v) is 22.4. The molecule has 0 aliphatic heterocycles. The normalized spacial score (nSPS) is 19.5. The number of fused-ring (bicyclic) bond motifs is 5. The van der Waals surface area contributed by atoms with Gasteiger partial charge in [-0.05, 0) is 59.6 Å². The van der Waals surface area contributed by atoms with Crippen LogP contribution in [0.25, 0.3) is 33.2 Å². The van der Waals surface area contributed by atoms with Crippen molar-refractivity contribution in [2.75, 3.05) is 0 Å². The minimum atomic E-state index is 0.110. The predicted octanol–water partition coefficient (Wildman–Crippen LogP) is 8.47. The third-order valence-corrected chi connectivity index (χ3v) is 9.27. The highest BCUT2D eigenvalue weighted by molar-refractivity contribution is 6.11. The van der Waals surface area contributed by atoms with Crippen molar-refractivity contribution in [2.45, 2.75) is 90.4 Å². The molecule has 2 aliphatic carbocycles. The maximum Gasteiger partial charge on any atom is 0.216 e. The number of hydrogen-bond acceptors (Lipinski definition) is 1. The van der Waals surface area contributed by atoms with E-state index in [2.05, 4.69) is 88.8 Å². The summed E-state index contributed by atoms with van der Waals surface area (Å²) in [6.07, 6.45) is 11.4. The van der Waals surface area contributed by atoms with E-state index in [1.54, 1.807) is 0 Å². The third-order valence-electron chi connectivity index (χ3n) is 9.27. The molecule has 2 heterocycles. The largest absolute Gasteiger partial charge is 0.455 e. The lowest BCUT2D eigenvalue weighted by Gasteiger charge is -2.41. The first kappa shape index (κ1) is 22.8. The SMILES string of the molecule is Cc1ccc2c(oc3c4c(ccc32)C(C)(C)CCC4(C)C)c1-c1cc(CC2CCCC2)cc[n+]1C. The van der Waals surface area contributed by atoms with E-state index in [4.69, 9.17) is 4.42 Å². The molecule has 2 nitrogen and oxygen atoms in total.